The van der Waals surface area contributed by atoms with E-state index >= 15 is 0 Å². The monoisotopic (exact) mass is 417 g/mol. The number of para-hydroxylation sites is 1. The van der Waals surface area contributed by atoms with Gasteiger partial charge in [-0.15, -0.1) is 0 Å². The number of aliphatic hydroxyl groups excluding tert-OH is 1. The van der Waals surface area contributed by atoms with Crippen molar-refractivity contribution in [2.24, 2.45) is 7.05 Å². The fourth-order valence-corrected chi connectivity index (χ4v) is 3.56. The van der Waals surface area contributed by atoms with Crippen LogP contribution in [0.25, 0.3) is 28.2 Å². The fourth-order valence-electron chi connectivity index (χ4n) is 3.56. The Labute approximate surface area is 178 Å². The molecular formula is C23H23N5O3. The lowest BCUT2D eigenvalue weighted by atomic mass is 10.1. The molecule has 158 valence electrons. The summed E-state index contributed by atoms with van der Waals surface area (Å²) in [6.07, 6.45) is 0. The lowest BCUT2D eigenvalue weighted by Gasteiger charge is -2.10. The number of hydrogen-bond donors (Lipinski definition) is 2. The summed E-state index contributed by atoms with van der Waals surface area (Å²) in [7, 11) is 1.62. The molecule has 0 saturated carbocycles. The first-order valence-corrected chi connectivity index (χ1v) is 9.93. The number of aryl methyl sites for hydroxylation is 2. The lowest BCUT2D eigenvalue weighted by Crippen LogP contribution is -2.21. The van der Waals surface area contributed by atoms with Crippen LogP contribution in [-0.4, -0.2) is 43.1 Å². The van der Waals surface area contributed by atoms with Gasteiger partial charge in [0.15, 0.2) is 11.5 Å². The van der Waals surface area contributed by atoms with E-state index in [1.54, 1.807) is 7.05 Å². The highest BCUT2D eigenvalue weighted by atomic mass is 16.5. The number of imidazole rings is 1. The molecule has 2 heterocycles. The third-order valence-corrected chi connectivity index (χ3v) is 5.11. The number of nitrogens with zero attached hydrogens (tertiary/aromatic N) is 4. The van der Waals surface area contributed by atoms with Gasteiger partial charge in [-0.2, -0.15) is 0 Å². The molecule has 0 saturated heterocycles. The molecule has 0 aliphatic carbocycles. The first-order chi connectivity index (χ1) is 15.0. The Hall–Kier alpha value is -3.78. The molecule has 2 aromatic carbocycles. The topological polar surface area (TPSA) is 106 Å². The summed E-state index contributed by atoms with van der Waals surface area (Å²) in [6.45, 7) is 3.90. The molecule has 8 heteroatoms. The molecule has 2 N–H and O–H groups in total. The van der Waals surface area contributed by atoms with Crippen molar-refractivity contribution in [1.82, 2.24) is 19.1 Å². The average Bonchev–Trinajstić information content (AvgIpc) is 3.04. The third kappa shape index (κ3) is 3.51. The van der Waals surface area contributed by atoms with Crippen molar-refractivity contribution < 1.29 is 9.84 Å². The second kappa shape index (κ2) is 8.16. The van der Waals surface area contributed by atoms with Gasteiger partial charge in [0.25, 0.3) is 0 Å². The van der Waals surface area contributed by atoms with Gasteiger partial charge in [-0.05, 0) is 49.7 Å². The maximum absolute atomic E-state index is 13.2. The number of ether oxygens (including phenoxy) is 1. The average molecular weight is 417 g/mol. The SMILES string of the molecule is CCOc1ccc(-c2nc(C(=N)CO)c3c(n2)n(-c2ccccc2C)c(=O)n3C)cc1. The minimum absolute atomic E-state index is 0.0860. The Kier molecular flexibility index (Phi) is 5.39. The number of nitrogens with one attached hydrogen (secondary N) is 1. The van der Waals surface area contributed by atoms with Crippen molar-refractivity contribution >= 4 is 16.9 Å². The normalized spacial score (nSPS) is 11.1. The van der Waals surface area contributed by atoms with Crippen LogP contribution in [0.15, 0.2) is 53.3 Å². The summed E-state index contributed by atoms with van der Waals surface area (Å²) in [5.74, 6) is 1.09. The van der Waals surface area contributed by atoms with Crippen LogP contribution in [0.5, 0.6) is 5.75 Å². The first-order valence-electron chi connectivity index (χ1n) is 9.93. The van der Waals surface area contributed by atoms with Crippen LogP contribution >= 0.6 is 0 Å². The van der Waals surface area contributed by atoms with Crippen LogP contribution in [0, 0.1) is 12.3 Å². The van der Waals surface area contributed by atoms with E-state index < -0.39 is 6.61 Å². The maximum atomic E-state index is 13.2. The largest absolute Gasteiger partial charge is 0.494 e. The maximum Gasteiger partial charge on any atom is 0.334 e. The molecule has 0 fully saturated rings. The lowest BCUT2D eigenvalue weighted by molar-refractivity contribution is 0.340. The molecule has 0 amide bonds. The van der Waals surface area contributed by atoms with E-state index in [1.165, 1.54) is 9.13 Å². The number of aliphatic hydroxyl groups is 1. The van der Waals surface area contributed by atoms with Crippen LogP contribution in [-0.2, 0) is 7.05 Å². The number of fused-ring (bicyclic) bond motifs is 1. The predicted molar refractivity (Wildman–Crippen MR) is 119 cm³/mol. The third-order valence-electron chi connectivity index (χ3n) is 5.11. The second-order valence-electron chi connectivity index (χ2n) is 7.13. The molecule has 0 aliphatic rings. The minimum Gasteiger partial charge on any atom is -0.494 e. The van der Waals surface area contributed by atoms with E-state index in [2.05, 4.69) is 4.98 Å². The molecule has 31 heavy (non-hydrogen) atoms. The van der Waals surface area contributed by atoms with Crippen LogP contribution in [0.1, 0.15) is 18.2 Å². The zero-order valence-electron chi connectivity index (χ0n) is 17.6. The Morgan fingerprint density at radius 2 is 1.84 bits per heavy atom. The molecule has 0 aliphatic heterocycles. The second-order valence-corrected chi connectivity index (χ2v) is 7.13. The summed E-state index contributed by atoms with van der Waals surface area (Å²) in [5, 5.41) is 17.9. The van der Waals surface area contributed by atoms with E-state index in [0.717, 1.165) is 11.3 Å². The molecule has 8 nitrogen and oxygen atoms in total. The van der Waals surface area contributed by atoms with Gasteiger partial charge >= 0.3 is 5.69 Å². The van der Waals surface area contributed by atoms with Crippen molar-refractivity contribution in [3.63, 3.8) is 0 Å². The molecular weight excluding hydrogens is 394 g/mol. The number of rotatable bonds is 6. The van der Waals surface area contributed by atoms with E-state index in [0.29, 0.717) is 34.8 Å². The fraction of sp³-hybridized carbons (Fsp3) is 0.217. The van der Waals surface area contributed by atoms with Crippen LogP contribution in [0.2, 0.25) is 0 Å². The summed E-state index contributed by atoms with van der Waals surface area (Å²) in [4.78, 5) is 22.4. The first kappa shape index (κ1) is 20.5. The van der Waals surface area contributed by atoms with E-state index in [9.17, 15) is 9.90 Å². The van der Waals surface area contributed by atoms with E-state index in [1.807, 2.05) is 62.4 Å². The van der Waals surface area contributed by atoms with Crippen molar-refractivity contribution in [3.05, 3.63) is 70.3 Å². The highest BCUT2D eigenvalue weighted by molar-refractivity contribution is 6.06. The molecule has 0 spiro atoms. The van der Waals surface area contributed by atoms with Gasteiger partial charge in [0.05, 0.1) is 24.6 Å². The smallest absolute Gasteiger partial charge is 0.334 e. The molecule has 0 unspecified atom stereocenters. The molecule has 0 atom stereocenters. The highest BCUT2D eigenvalue weighted by Crippen LogP contribution is 2.25. The van der Waals surface area contributed by atoms with Crippen molar-refractivity contribution in [2.45, 2.75) is 13.8 Å². The van der Waals surface area contributed by atoms with Gasteiger partial charge < -0.3 is 15.3 Å². The molecule has 4 aromatic rings. The minimum atomic E-state index is -0.501. The van der Waals surface area contributed by atoms with Crippen molar-refractivity contribution in [2.75, 3.05) is 13.2 Å². The molecule has 0 bridgehead atoms. The van der Waals surface area contributed by atoms with Crippen LogP contribution in [0.3, 0.4) is 0 Å². The quantitative estimate of drug-likeness (QED) is 0.469. The van der Waals surface area contributed by atoms with Gasteiger partial charge in [-0.25, -0.2) is 19.3 Å². The van der Waals surface area contributed by atoms with Gasteiger partial charge in [0.1, 0.15) is 17.0 Å². The molecule has 2 aromatic heterocycles. The highest BCUT2D eigenvalue weighted by Gasteiger charge is 2.22. The van der Waals surface area contributed by atoms with Crippen LogP contribution in [0.4, 0.5) is 0 Å². The number of benzene rings is 2. The van der Waals surface area contributed by atoms with Crippen molar-refractivity contribution in [3.8, 4) is 22.8 Å². The Morgan fingerprint density at radius 3 is 2.48 bits per heavy atom. The predicted octanol–water partition coefficient (Wildman–Crippen LogP) is 2.85. The summed E-state index contributed by atoms with van der Waals surface area (Å²) >= 11 is 0. The van der Waals surface area contributed by atoms with Gasteiger partial charge in [-0.1, -0.05) is 18.2 Å². The van der Waals surface area contributed by atoms with Crippen LogP contribution < -0.4 is 10.4 Å². The van der Waals surface area contributed by atoms with Crippen molar-refractivity contribution in [1.29, 1.82) is 5.41 Å². The van der Waals surface area contributed by atoms with E-state index in [-0.39, 0.29) is 17.1 Å². The van der Waals surface area contributed by atoms with Gasteiger partial charge in [0.2, 0.25) is 0 Å². The molecule has 4 rings (SSSR count). The zero-order valence-corrected chi connectivity index (χ0v) is 17.6. The summed E-state index contributed by atoms with van der Waals surface area (Å²) < 4.78 is 8.44. The Morgan fingerprint density at radius 1 is 1.13 bits per heavy atom. The number of aromatic nitrogens is 4. The summed E-state index contributed by atoms with van der Waals surface area (Å²) in [5.41, 5.74) is 2.96. The Bertz CT molecular complexity index is 1340. The van der Waals surface area contributed by atoms with Gasteiger partial charge in [0, 0.05) is 12.6 Å². The Balaban J connectivity index is 2.04. The van der Waals surface area contributed by atoms with Gasteiger partial charge in [-0.3, -0.25) is 4.57 Å². The van der Waals surface area contributed by atoms with E-state index in [4.69, 9.17) is 15.1 Å². The summed E-state index contributed by atoms with van der Waals surface area (Å²) in [6, 6.07) is 14.8. The zero-order chi connectivity index (χ0) is 22.1. The number of hydrogen-bond acceptors (Lipinski definition) is 6. The standard InChI is InChI=1S/C23H23N5O3/c1-4-31-16-11-9-15(10-12-16)21-25-19(17(24)13-29)20-22(26-21)28(23(30)27(20)3)18-8-6-5-7-14(18)2/h5-12,24,29H,4,13H2,1-3H3. The molecule has 0 radical (unpaired) electrons.